The first-order valence-electron chi connectivity index (χ1n) is 11.0. The summed E-state index contributed by atoms with van der Waals surface area (Å²) in [5.74, 6) is 2.25. The molecule has 166 valence electrons. The Morgan fingerprint density at radius 2 is 1.77 bits per heavy atom. The number of benzene rings is 1. The second-order valence-corrected chi connectivity index (χ2v) is 9.16. The van der Waals surface area contributed by atoms with Gasteiger partial charge in [-0.3, -0.25) is 4.99 Å². The zero-order chi connectivity index (χ0) is 21.6. The smallest absolute Gasteiger partial charge is 0.407 e. The van der Waals surface area contributed by atoms with Crippen molar-refractivity contribution in [1.82, 2.24) is 16.0 Å². The summed E-state index contributed by atoms with van der Waals surface area (Å²) >= 11 is 0. The van der Waals surface area contributed by atoms with Crippen LogP contribution in [0.5, 0.6) is 5.75 Å². The molecule has 30 heavy (non-hydrogen) atoms. The van der Waals surface area contributed by atoms with Gasteiger partial charge in [-0.25, -0.2) is 4.79 Å². The van der Waals surface area contributed by atoms with Crippen molar-refractivity contribution in [1.29, 1.82) is 0 Å². The lowest BCUT2D eigenvalue weighted by atomic mass is 9.91. The number of alkyl carbamates (subject to hydrolysis) is 1. The molecule has 1 aliphatic heterocycles. The highest BCUT2D eigenvalue weighted by atomic mass is 16.6. The first kappa shape index (κ1) is 22.2. The molecule has 1 atom stereocenters. The summed E-state index contributed by atoms with van der Waals surface area (Å²) < 4.78 is 11.1. The predicted molar refractivity (Wildman–Crippen MR) is 119 cm³/mol. The minimum atomic E-state index is -0.466. The largest absolute Gasteiger partial charge is 0.493 e. The summed E-state index contributed by atoms with van der Waals surface area (Å²) in [6.07, 6.45) is 4.51. The van der Waals surface area contributed by atoms with Gasteiger partial charge in [0.1, 0.15) is 11.4 Å². The molecule has 1 heterocycles. The molecule has 1 fully saturated rings. The fourth-order valence-electron chi connectivity index (χ4n) is 4.09. The Kier molecular flexibility index (Phi) is 7.45. The Balaban J connectivity index is 1.42. The van der Waals surface area contributed by atoms with E-state index >= 15 is 0 Å². The molecule has 0 radical (unpaired) electrons. The van der Waals surface area contributed by atoms with Gasteiger partial charge >= 0.3 is 6.09 Å². The molecule has 1 unspecified atom stereocenters. The van der Waals surface area contributed by atoms with E-state index in [9.17, 15) is 4.79 Å². The highest BCUT2D eigenvalue weighted by molar-refractivity contribution is 5.80. The van der Waals surface area contributed by atoms with Crippen LogP contribution < -0.4 is 20.7 Å². The molecule has 0 aromatic heterocycles. The van der Waals surface area contributed by atoms with Gasteiger partial charge in [0.2, 0.25) is 0 Å². The minimum absolute atomic E-state index is 0.173. The Morgan fingerprint density at radius 1 is 1.10 bits per heavy atom. The molecular formula is C23H36N4O3. The van der Waals surface area contributed by atoms with E-state index in [0.717, 1.165) is 57.0 Å². The number of ether oxygens (including phenoxy) is 2. The summed E-state index contributed by atoms with van der Waals surface area (Å²) in [5, 5.41) is 10.0. The van der Waals surface area contributed by atoms with Gasteiger partial charge in [-0.1, -0.05) is 18.2 Å². The van der Waals surface area contributed by atoms with E-state index < -0.39 is 5.60 Å². The molecule has 3 rings (SSSR count). The van der Waals surface area contributed by atoms with Crippen LogP contribution in [0.25, 0.3) is 0 Å². The van der Waals surface area contributed by atoms with E-state index in [4.69, 9.17) is 9.47 Å². The molecular weight excluding hydrogens is 380 g/mol. The van der Waals surface area contributed by atoms with Crippen molar-refractivity contribution in [3.8, 4) is 5.75 Å². The van der Waals surface area contributed by atoms with Crippen molar-refractivity contribution in [2.75, 3.05) is 20.2 Å². The zero-order valence-electron chi connectivity index (χ0n) is 18.7. The average molecular weight is 417 g/mol. The Bertz CT molecular complexity index is 736. The molecule has 1 aliphatic carbocycles. The number of nitrogens with one attached hydrogen (secondary N) is 3. The topological polar surface area (TPSA) is 84.0 Å². The number of aliphatic imine (C=N–C) groups is 1. The van der Waals surface area contributed by atoms with Crippen molar-refractivity contribution >= 4 is 12.1 Å². The lowest BCUT2D eigenvalue weighted by molar-refractivity contribution is 0.0490. The van der Waals surface area contributed by atoms with E-state index in [0.29, 0.717) is 12.0 Å². The van der Waals surface area contributed by atoms with Crippen molar-refractivity contribution in [2.24, 2.45) is 4.99 Å². The predicted octanol–water partition coefficient (Wildman–Crippen LogP) is 3.55. The fraction of sp³-hybridized carbons (Fsp3) is 0.652. The van der Waals surface area contributed by atoms with Gasteiger partial charge in [-0.15, -0.1) is 0 Å². The number of rotatable bonds is 4. The molecule has 1 saturated carbocycles. The maximum atomic E-state index is 12.0. The molecule has 1 aromatic carbocycles. The second kappa shape index (κ2) is 10.0. The molecule has 7 nitrogen and oxygen atoms in total. The first-order chi connectivity index (χ1) is 14.3. The number of nitrogens with zero attached hydrogens (tertiary/aromatic N) is 1. The summed E-state index contributed by atoms with van der Waals surface area (Å²) in [6.45, 7) is 7.22. The van der Waals surface area contributed by atoms with Crippen LogP contribution in [0.15, 0.2) is 29.3 Å². The van der Waals surface area contributed by atoms with Crippen LogP contribution in [0, 0.1) is 0 Å². The third-order valence-corrected chi connectivity index (χ3v) is 5.61. The summed E-state index contributed by atoms with van der Waals surface area (Å²) in [6, 6.07) is 8.80. The van der Waals surface area contributed by atoms with Gasteiger partial charge in [0.15, 0.2) is 5.96 Å². The number of para-hydroxylation sites is 1. The summed E-state index contributed by atoms with van der Waals surface area (Å²) in [7, 11) is 1.81. The molecule has 3 N–H and O–H groups in total. The number of fused-ring (bicyclic) bond motifs is 1. The van der Waals surface area contributed by atoms with E-state index in [1.54, 1.807) is 0 Å². The van der Waals surface area contributed by atoms with Crippen molar-refractivity contribution < 1.29 is 14.3 Å². The van der Waals surface area contributed by atoms with Crippen LogP contribution in [0.3, 0.4) is 0 Å². The summed E-state index contributed by atoms with van der Waals surface area (Å²) in [5.41, 5.74) is 0.798. The first-order valence-corrected chi connectivity index (χ1v) is 11.0. The Labute approximate surface area is 180 Å². The number of carbonyl (C=O) groups is 1. The number of hydrogen-bond acceptors (Lipinski definition) is 4. The van der Waals surface area contributed by atoms with Gasteiger partial charge in [-0.2, -0.15) is 0 Å². The van der Waals surface area contributed by atoms with Crippen LogP contribution in [0.4, 0.5) is 4.79 Å². The van der Waals surface area contributed by atoms with Crippen LogP contribution in [-0.4, -0.2) is 49.9 Å². The Morgan fingerprint density at radius 3 is 2.43 bits per heavy atom. The third kappa shape index (κ3) is 6.54. The van der Waals surface area contributed by atoms with E-state index in [1.807, 2.05) is 40.0 Å². The van der Waals surface area contributed by atoms with Crippen LogP contribution in [-0.2, 0) is 4.74 Å². The molecule has 2 aliphatic rings. The minimum Gasteiger partial charge on any atom is -0.493 e. The van der Waals surface area contributed by atoms with E-state index in [2.05, 4.69) is 33.1 Å². The fourth-order valence-corrected chi connectivity index (χ4v) is 4.09. The lowest BCUT2D eigenvalue weighted by Gasteiger charge is -2.32. The van der Waals surface area contributed by atoms with Crippen molar-refractivity contribution in [2.45, 2.75) is 76.5 Å². The summed E-state index contributed by atoms with van der Waals surface area (Å²) in [4.78, 5) is 16.4. The quantitative estimate of drug-likeness (QED) is 0.516. The van der Waals surface area contributed by atoms with Crippen molar-refractivity contribution in [3.63, 3.8) is 0 Å². The molecule has 7 heteroatoms. The van der Waals surface area contributed by atoms with E-state index in [1.165, 1.54) is 5.56 Å². The molecule has 0 saturated heterocycles. The highest BCUT2D eigenvalue weighted by Crippen LogP contribution is 2.32. The van der Waals surface area contributed by atoms with Gasteiger partial charge in [-0.05, 0) is 64.5 Å². The number of guanidine groups is 1. The maximum Gasteiger partial charge on any atom is 0.407 e. The van der Waals surface area contributed by atoms with Crippen LogP contribution >= 0.6 is 0 Å². The van der Waals surface area contributed by atoms with Gasteiger partial charge in [0.25, 0.3) is 0 Å². The number of amides is 1. The maximum absolute atomic E-state index is 12.0. The molecule has 1 amide bonds. The second-order valence-electron chi connectivity index (χ2n) is 9.16. The number of carbonyl (C=O) groups excluding carboxylic acids is 1. The van der Waals surface area contributed by atoms with Gasteiger partial charge in [0, 0.05) is 31.6 Å². The van der Waals surface area contributed by atoms with E-state index in [-0.39, 0.29) is 12.1 Å². The molecule has 1 aromatic rings. The monoisotopic (exact) mass is 416 g/mol. The van der Waals surface area contributed by atoms with Crippen LogP contribution in [0.2, 0.25) is 0 Å². The average Bonchev–Trinajstić information content (AvgIpc) is 2.71. The highest BCUT2D eigenvalue weighted by Gasteiger charge is 2.26. The third-order valence-electron chi connectivity index (χ3n) is 5.61. The Hall–Kier alpha value is -2.44. The standard InChI is InChI=1S/C23H36N4O3/c1-23(2,3)30-22(28)27-18-11-9-17(10-12-18)26-21(24-4)25-15-16-13-14-29-20-8-6-5-7-19(16)20/h5-8,16-18H,9-15H2,1-4H3,(H,27,28)(H2,24,25,26). The van der Waals surface area contributed by atoms with Crippen molar-refractivity contribution in [3.05, 3.63) is 29.8 Å². The number of hydrogen-bond donors (Lipinski definition) is 3. The van der Waals surface area contributed by atoms with Gasteiger partial charge < -0.3 is 25.4 Å². The molecule has 0 spiro atoms. The lowest BCUT2D eigenvalue weighted by Crippen LogP contribution is -2.48. The van der Waals surface area contributed by atoms with Gasteiger partial charge in [0.05, 0.1) is 6.61 Å². The molecule has 0 bridgehead atoms. The zero-order valence-corrected chi connectivity index (χ0v) is 18.7. The SMILES string of the molecule is CN=C(NCC1CCOc2ccccc21)NC1CCC(NC(=O)OC(C)(C)C)CC1. The normalized spacial score (nSPS) is 24.3. The van der Waals surface area contributed by atoms with Crippen LogP contribution in [0.1, 0.15) is 64.4 Å².